The van der Waals surface area contributed by atoms with Gasteiger partial charge in [0.05, 0.1) is 0 Å². The third-order valence-electron chi connectivity index (χ3n) is 3.15. The normalized spacial score (nSPS) is 22.9. The molecule has 0 aromatic rings. The second-order valence-electron chi connectivity index (χ2n) is 4.52. The highest BCUT2D eigenvalue weighted by Gasteiger charge is 2.03. The Hall–Kier alpha value is 0.250. The van der Waals surface area contributed by atoms with Crippen LogP contribution in [0.2, 0.25) is 0 Å². The molecular weight excluding hydrogens is 194 g/mol. The van der Waals surface area contributed by atoms with Gasteiger partial charge in [-0.05, 0) is 12.8 Å². The number of halogens is 1. The summed E-state index contributed by atoms with van der Waals surface area (Å²) in [5.41, 5.74) is 6.01. The summed E-state index contributed by atoms with van der Waals surface area (Å²) in [6.07, 6.45) is 15.3. The maximum Gasteiger partial charge on any atom is 0.00388 e. The van der Waals surface area contributed by atoms with E-state index in [4.69, 9.17) is 5.73 Å². The fraction of sp³-hybridized carbons (Fsp3) is 1.00. The third-order valence-corrected chi connectivity index (χ3v) is 3.15. The first-order valence-corrected chi connectivity index (χ1v) is 6.15. The van der Waals surface area contributed by atoms with Gasteiger partial charge < -0.3 is 5.73 Å². The van der Waals surface area contributed by atoms with E-state index in [1.165, 1.54) is 70.6 Å². The standard InChI is InChI=1S/C12H25N.ClH/c13-12-10-8-6-4-2-1-3-5-7-9-11-12;/h12H,1-11,13H2;1H. The Morgan fingerprint density at radius 2 is 0.857 bits per heavy atom. The maximum atomic E-state index is 6.01. The lowest BCUT2D eigenvalue weighted by atomic mass is 9.99. The lowest BCUT2D eigenvalue weighted by molar-refractivity contribution is 0.465. The Labute approximate surface area is 95.2 Å². The molecule has 0 spiro atoms. The molecule has 0 atom stereocenters. The molecular formula is C12H26ClN. The van der Waals surface area contributed by atoms with E-state index in [-0.39, 0.29) is 12.4 Å². The van der Waals surface area contributed by atoms with Crippen LogP contribution in [0.3, 0.4) is 0 Å². The molecule has 0 heterocycles. The molecule has 0 bridgehead atoms. The predicted molar refractivity (Wildman–Crippen MR) is 66.0 cm³/mol. The molecule has 0 saturated heterocycles. The summed E-state index contributed by atoms with van der Waals surface area (Å²) in [7, 11) is 0. The smallest absolute Gasteiger partial charge is 0.00388 e. The molecule has 1 rings (SSSR count). The molecule has 1 fully saturated rings. The summed E-state index contributed by atoms with van der Waals surface area (Å²) in [5, 5.41) is 0. The summed E-state index contributed by atoms with van der Waals surface area (Å²) in [6.45, 7) is 0. The molecule has 1 aliphatic carbocycles. The van der Waals surface area contributed by atoms with Crippen LogP contribution in [0.1, 0.15) is 70.6 Å². The van der Waals surface area contributed by atoms with E-state index in [1.54, 1.807) is 0 Å². The Balaban J connectivity index is 0.00000169. The minimum atomic E-state index is 0. The molecule has 0 unspecified atom stereocenters. The van der Waals surface area contributed by atoms with Gasteiger partial charge in [0, 0.05) is 6.04 Å². The molecule has 1 saturated carbocycles. The van der Waals surface area contributed by atoms with Crippen LogP contribution in [0.15, 0.2) is 0 Å². The fourth-order valence-corrected chi connectivity index (χ4v) is 2.19. The van der Waals surface area contributed by atoms with Gasteiger partial charge in [-0.25, -0.2) is 0 Å². The lowest BCUT2D eigenvalue weighted by Crippen LogP contribution is -2.19. The maximum absolute atomic E-state index is 6.01. The van der Waals surface area contributed by atoms with Gasteiger partial charge in [-0.3, -0.25) is 0 Å². The molecule has 0 aromatic heterocycles. The quantitative estimate of drug-likeness (QED) is 0.654. The molecule has 14 heavy (non-hydrogen) atoms. The van der Waals surface area contributed by atoms with Gasteiger partial charge in [-0.2, -0.15) is 0 Å². The average Bonchev–Trinajstić information content (AvgIpc) is 2.11. The number of hydrogen-bond acceptors (Lipinski definition) is 1. The van der Waals surface area contributed by atoms with Crippen LogP contribution in [0.5, 0.6) is 0 Å². The van der Waals surface area contributed by atoms with Crippen molar-refractivity contribution in [3.63, 3.8) is 0 Å². The van der Waals surface area contributed by atoms with Crippen molar-refractivity contribution in [2.45, 2.75) is 76.7 Å². The van der Waals surface area contributed by atoms with E-state index in [0.717, 1.165) is 0 Å². The second-order valence-corrected chi connectivity index (χ2v) is 4.52. The van der Waals surface area contributed by atoms with Gasteiger partial charge in [-0.1, -0.05) is 57.8 Å². The van der Waals surface area contributed by atoms with Crippen LogP contribution in [0, 0.1) is 0 Å². The van der Waals surface area contributed by atoms with Crippen molar-refractivity contribution in [3.8, 4) is 0 Å². The van der Waals surface area contributed by atoms with E-state index in [9.17, 15) is 0 Å². The summed E-state index contributed by atoms with van der Waals surface area (Å²) >= 11 is 0. The highest BCUT2D eigenvalue weighted by molar-refractivity contribution is 5.85. The van der Waals surface area contributed by atoms with Crippen molar-refractivity contribution in [2.75, 3.05) is 0 Å². The molecule has 2 N–H and O–H groups in total. The summed E-state index contributed by atoms with van der Waals surface area (Å²) in [4.78, 5) is 0. The topological polar surface area (TPSA) is 26.0 Å². The first-order valence-electron chi connectivity index (χ1n) is 6.15. The van der Waals surface area contributed by atoms with Crippen LogP contribution < -0.4 is 5.73 Å². The van der Waals surface area contributed by atoms with Crippen LogP contribution in [-0.2, 0) is 0 Å². The van der Waals surface area contributed by atoms with Crippen LogP contribution >= 0.6 is 12.4 Å². The number of hydrogen-bond donors (Lipinski definition) is 1. The van der Waals surface area contributed by atoms with Gasteiger partial charge in [-0.15, -0.1) is 12.4 Å². The van der Waals surface area contributed by atoms with E-state index >= 15 is 0 Å². The Morgan fingerprint density at radius 1 is 0.571 bits per heavy atom. The van der Waals surface area contributed by atoms with Gasteiger partial charge in [0.15, 0.2) is 0 Å². The van der Waals surface area contributed by atoms with Gasteiger partial charge >= 0.3 is 0 Å². The first kappa shape index (κ1) is 14.2. The predicted octanol–water partition coefficient (Wildman–Crippen LogP) is 4.04. The highest BCUT2D eigenvalue weighted by atomic mass is 35.5. The van der Waals surface area contributed by atoms with Crippen molar-refractivity contribution in [3.05, 3.63) is 0 Å². The first-order chi connectivity index (χ1) is 6.39. The summed E-state index contributed by atoms with van der Waals surface area (Å²) in [5.74, 6) is 0. The molecule has 0 aliphatic heterocycles. The SMILES string of the molecule is Cl.NC1CCCCCCCCCCC1. The van der Waals surface area contributed by atoms with Crippen LogP contribution in [-0.4, -0.2) is 6.04 Å². The zero-order valence-corrected chi connectivity index (χ0v) is 10.2. The summed E-state index contributed by atoms with van der Waals surface area (Å²) in [6, 6.07) is 0.499. The Kier molecular flexibility index (Phi) is 9.97. The second kappa shape index (κ2) is 9.79. The molecule has 0 radical (unpaired) electrons. The van der Waals surface area contributed by atoms with Crippen molar-refractivity contribution in [1.82, 2.24) is 0 Å². The molecule has 2 heteroatoms. The largest absolute Gasteiger partial charge is 0.328 e. The minimum Gasteiger partial charge on any atom is -0.328 e. The van der Waals surface area contributed by atoms with Gasteiger partial charge in [0.1, 0.15) is 0 Å². The number of nitrogens with two attached hydrogens (primary N) is 1. The molecule has 0 aromatic carbocycles. The molecule has 0 amide bonds. The van der Waals surface area contributed by atoms with E-state index in [1.807, 2.05) is 0 Å². The average molecular weight is 220 g/mol. The Bertz CT molecular complexity index is 105. The zero-order valence-electron chi connectivity index (χ0n) is 9.34. The van der Waals surface area contributed by atoms with Crippen LogP contribution in [0.25, 0.3) is 0 Å². The fourth-order valence-electron chi connectivity index (χ4n) is 2.19. The molecule has 86 valence electrons. The Morgan fingerprint density at radius 3 is 1.21 bits per heavy atom. The van der Waals surface area contributed by atoms with Crippen molar-refractivity contribution in [2.24, 2.45) is 5.73 Å². The highest BCUT2D eigenvalue weighted by Crippen LogP contribution is 2.15. The minimum absolute atomic E-state index is 0. The number of rotatable bonds is 0. The zero-order chi connectivity index (χ0) is 9.36. The van der Waals surface area contributed by atoms with Crippen LogP contribution in [0.4, 0.5) is 0 Å². The van der Waals surface area contributed by atoms with Crippen molar-refractivity contribution < 1.29 is 0 Å². The monoisotopic (exact) mass is 219 g/mol. The van der Waals surface area contributed by atoms with E-state index < -0.39 is 0 Å². The van der Waals surface area contributed by atoms with Crippen molar-refractivity contribution in [1.29, 1.82) is 0 Å². The van der Waals surface area contributed by atoms with E-state index in [2.05, 4.69) is 0 Å². The lowest BCUT2D eigenvalue weighted by Gasteiger charge is -2.12. The third kappa shape index (κ3) is 7.64. The van der Waals surface area contributed by atoms with Gasteiger partial charge in [0.25, 0.3) is 0 Å². The molecule has 1 aliphatic rings. The van der Waals surface area contributed by atoms with E-state index in [0.29, 0.717) is 6.04 Å². The molecule has 1 nitrogen and oxygen atoms in total. The summed E-state index contributed by atoms with van der Waals surface area (Å²) < 4.78 is 0. The van der Waals surface area contributed by atoms with Gasteiger partial charge in [0.2, 0.25) is 0 Å². The van der Waals surface area contributed by atoms with Crippen molar-refractivity contribution >= 4 is 12.4 Å².